The van der Waals surface area contributed by atoms with Crippen LogP contribution in [0.4, 0.5) is 0 Å². The maximum absolute atomic E-state index is 13.1. The number of nitrogens with zero attached hydrogens (tertiary/aromatic N) is 2. The van der Waals surface area contributed by atoms with Crippen LogP contribution in [0.1, 0.15) is 16.1 Å². The Balaban J connectivity index is 1.73. The number of hydrogen-bond donors (Lipinski definition) is 0. The molecule has 2 saturated heterocycles. The lowest BCUT2D eigenvalue weighted by atomic mass is 10.1. The summed E-state index contributed by atoms with van der Waals surface area (Å²) >= 11 is 0. The van der Waals surface area contributed by atoms with E-state index in [9.17, 15) is 9.59 Å². The molecule has 2 bridgehead atoms. The van der Waals surface area contributed by atoms with E-state index >= 15 is 0 Å². The number of carbonyl (C=O) groups excluding carboxylic acids is 1. The van der Waals surface area contributed by atoms with Crippen LogP contribution in [-0.2, 0) is 4.74 Å². The van der Waals surface area contributed by atoms with Gasteiger partial charge in [0.1, 0.15) is 5.58 Å². The average molecular weight is 342 g/mol. The Morgan fingerprint density at radius 2 is 2.00 bits per heavy atom. The monoisotopic (exact) mass is 342 g/mol. The van der Waals surface area contributed by atoms with Gasteiger partial charge in [0, 0.05) is 31.6 Å². The van der Waals surface area contributed by atoms with Crippen LogP contribution in [0, 0.1) is 12.8 Å². The largest absolute Gasteiger partial charge is 0.451 e. The topological polar surface area (TPSA) is 63.0 Å². The SMILES string of the molecule is Cc1ccc2c(=O)cc(C(=O)N3C[C@H]4COC[C@@H]3CN(C)C4)oc2c1. The number of benzene rings is 1. The molecule has 132 valence electrons. The smallest absolute Gasteiger partial charge is 0.290 e. The molecule has 0 spiro atoms. The lowest BCUT2D eigenvalue weighted by Crippen LogP contribution is -2.46. The van der Waals surface area contributed by atoms with Crippen molar-refractivity contribution in [3.05, 3.63) is 45.8 Å². The number of ether oxygens (including phenoxy) is 1. The maximum atomic E-state index is 13.1. The Hall–Kier alpha value is -2.18. The molecule has 2 fully saturated rings. The Labute approximate surface area is 146 Å². The van der Waals surface area contributed by atoms with Gasteiger partial charge in [-0.3, -0.25) is 9.59 Å². The van der Waals surface area contributed by atoms with Crippen LogP contribution in [0.5, 0.6) is 0 Å². The number of rotatable bonds is 1. The number of carbonyl (C=O) groups is 1. The summed E-state index contributed by atoms with van der Waals surface area (Å²) in [6.07, 6.45) is 0. The molecule has 2 aliphatic heterocycles. The zero-order valence-electron chi connectivity index (χ0n) is 14.5. The minimum absolute atomic E-state index is 0.0245. The van der Waals surface area contributed by atoms with E-state index in [4.69, 9.17) is 9.15 Å². The highest BCUT2D eigenvalue weighted by Crippen LogP contribution is 2.22. The lowest BCUT2D eigenvalue weighted by molar-refractivity contribution is 0.0466. The van der Waals surface area contributed by atoms with E-state index in [0.717, 1.165) is 18.7 Å². The fourth-order valence-electron chi connectivity index (χ4n) is 3.84. The molecule has 2 aromatic rings. The first-order valence-corrected chi connectivity index (χ1v) is 8.63. The molecule has 1 aromatic heterocycles. The summed E-state index contributed by atoms with van der Waals surface area (Å²) in [5, 5.41) is 0.500. The van der Waals surface area contributed by atoms with Crippen molar-refractivity contribution < 1.29 is 13.9 Å². The normalized spacial score (nSPS) is 24.3. The van der Waals surface area contributed by atoms with Crippen molar-refractivity contribution >= 4 is 16.9 Å². The Morgan fingerprint density at radius 3 is 2.84 bits per heavy atom. The molecular formula is C19H22N2O4. The molecule has 3 heterocycles. The van der Waals surface area contributed by atoms with E-state index in [0.29, 0.717) is 30.7 Å². The summed E-state index contributed by atoms with van der Waals surface area (Å²) in [5.41, 5.74) is 1.26. The molecule has 0 saturated carbocycles. The number of fused-ring (bicyclic) bond motifs is 4. The van der Waals surface area contributed by atoms with Gasteiger partial charge in [0.15, 0.2) is 11.2 Å². The molecular weight excluding hydrogens is 320 g/mol. The zero-order valence-corrected chi connectivity index (χ0v) is 14.5. The van der Waals surface area contributed by atoms with Gasteiger partial charge in [-0.2, -0.15) is 0 Å². The molecule has 0 radical (unpaired) electrons. The number of likely N-dealkylation sites (N-methyl/N-ethyl adjacent to an activating group) is 1. The third-order valence-electron chi connectivity index (χ3n) is 5.01. The summed E-state index contributed by atoms with van der Waals surface area (Å²) in [7, 11) is 2.07. The average Bonchev–Trinajstić information content (AvgIpc) is 2.83. The Kier molecular flexibility index (Phi) is 4.09. The second-order valence-corrected chi connectivity index (χ2v) is 7.21. The van der Waals surface area contributed by atoms with Gasteiger partial charge < -0.3 is 19.0 Å². The van der Waals surface area contributed by atoms with Crippen molar-refractivity contribution in [3.63, 3.8) is 0 Å². The Bertz CT molecular complexity index is 875. The second-order valence-electron chi connectivity index (χ2n) is 7.21. The van der Waals surface area contributed by atoms with E-state index in [1.54, 1.807) is 12.1 Å². The minimum atomic E-state index is -0.226. The van der Waals surface area contributed by atoms with Gasteiger partial charge in [-0.25, -0.2) is 0 Å². The molecule has 25 heavy (non-hydrogen) atoms. The fourth-order valence-corrected chi connectivity index (χ4v) is 3.84. The van der Waals surface area contributed by atoms with E-state index in [2.05, 4.69) is 11.9 Å². The molecule has 6 nitrogen and oxygen atoms in total. The van der Waals surface area contributed by atoms with Gasteiger partial charge in [0.05, 0.1) is 24.6 Å². The summed E-state index contributed by atoms with van der Waals surface area (Å²) in [6.45, 7) is 5.40. The van der Waals surface area contributed by atoms with Crippen LogP contribution in [-0.4, -0.2) is 61.6 Å². The first-order valence-electron chi connectivity index (χ1n) is 8.63. The van der Waals surface area contributed by atoms with Crippen LogP contribution in [0.3, 0.4) is 0 Å². The standard InChI is InChI=1S/C19H22N2O4/c1-12-3-4-15-16(22)6-18(25-17(15)5-12)19(23)21-8-13-7-20(2)9-14(21)11-24-10-13/h3-6,13-14H,7-11H2,1-2H3/t13-,14-/m0/s1. The predicted molar refractivity (Wildman–Crippen MR) is 93.9 cm³/mol. The van der Waals surface area contributed by atoms with E-state index in [1.165, 1.54) is 6.07 Å². The van der Waals surface area contributed by atoms with Crippen molar-refractivity contribution in [1.82, 2.24) is 9.80 Å². The summed E-state index contributed by atoms with van der Waals surface area (Å²) < 4.78 is 11.5. The maximum Gasteiger partial charge on any atom is 0.290 e. The third kappa shape index (κ3) is 3.07. The molecule has 0 unspecified atom stereocenters. The molecule has 2 aliphatic rings. The highest BCUT2D eigenvalue weighted by Gasteiger charge is 2.36. The number of aryl methyl sites for hydroxylation is 1. The van der Waals surface area contributed by atoms with Crippen molar-refractivity contribution in [3.8, 4) is 0 Å². The molecule has 0 aliphatic carbocycles. The van der Waals surface area contributed by atoms with Crippen LogP contribution in [0.25, 0.3) is 11.0 Å². The molecule has 0 N–H and O–H groups in total. The van der Waals surface area contributed by atoms with Gasteiger partial charge in [-0.15, -0.1) is 0 Å². The lowest BCUT2D eigenvalue weighted by Gasteiger charge is -2.29. The van der Waals surface area contributed by atoms with Gasteiger partial charge >= 0.3 is 0 Å². The molecule has 1 aromatic carbocycles. The van der Waals surface area contributed by atoms with Gasteiger partial charge in [0.2, 0.25) is 0 Å². The van der Waals surface area contributed by atoms with Crippen molar-refractivity contribution in [1.29, 1.82) is 0 Å². The highest BCUT2D eigenvalue weighted by molar-refractivity contribution is 5.93. The summed E-state index contributed by atoms with van der Waals surface area (Å²) in [4.78, 5) is 29.5. The predicted octanol–water partition coefficient (Wildman–Crippen LogP) is 1.50. The van der Waals surface area contributed by atoms with Crippen molar-refractivity contribution in [2.45, 2.75) is 13.0 Å². The van der Waals surface area contributed by atoms with Crippen LogP contribution in [0.2, 0.25) is 0 Å². The summed E-state index contributed by atoms with van der Waals surface area (Å²) in [6, 6.07) is 6.70. The Morgan fingerprint density at radius 1 is 1.16 bits per heavy atom. The van der Waals surface area contributed by atoms with Crippen LogP contribution >= 0.6 is 0 Å². The quantitative estimate of drug-likeness (QED) is 0.786. The van der Waals surface area contributed by atoms with Crippen LogP contribution in [0.15, 0.2) is 33.5 Å². The van der Waals surface area contributed by atoms with Gasteiger partial charge in [-0.1, -0.05) is 6.07 Å². The minimum Gasteiger partial charge on any atom is -0.451 e. The van der Waals surface area contributed by atoms with Crippen molar-refractivity contribution in [2.75, 3.05) is 39.9 Å². The van der Waals surface area contributed by atoms with Gasteiger partial charge in [-0.05, 0) is 31.7 Å². The number of amides is 1. The first-order chi connectivity index (χ1) is 12.0. The van der Waals surface area contributed by atoms with E-state index in [1.807, 2.05) is 17.9 Å². The molecule has 4 rings (SSSR count). The molecule has 1 amide bonds. The second kappa shape index (κ2) is 6.28. The third-order valence-corrected chi connectivity index (χ3v) is 5.01. The molecule has 2 atom stereocenters. The van der Waals surface area contributed by atoms with Crippen LogP contribution < -0.4 is 5.43 Å². The highest BCUT2D eigenvalue weighted by atomic mass is 16.5. The van der Waals surface area contributed by atoms with E-state index in [-0.39, 0.29) is 29.1 Å². The summed E-state index contributed by atoms with van der Waals surface area (Å²) in [5.74, 6) is 0.158. The number of hydrogen-bond acceptors (Lipinski definition) is 5. The first kappa shape index (κ1) is 16.3. The zero-order chi connectivity index (χ0) is 17.6. The van der Waals surface area contributed by atoms with Crippen molar-refractivity contribution in [2.24, 2.45) is 5.92 Å². The molecule has 6 heteroatoms. The van der Waals surface area contributed by atoms with E-state index < -0.39 is 0 Å². The fraction of sp³-hybridized carbons (Fsp3) is 0.474. The van der Waals surface area contributed by atoms with Gasteiger partial charge in [0.25, 0.3) is 5.91 Å².